The van der Waals surface area contributed by atoms with Crippen molar-refractivity contribution < 1.29 is 14.3 Å². The number of aromatic nitrogens is 3. The van der Waals surface area contributed by atoms with Gasteiger partial charge in [0.1, 0.15) is 11.5 Å². The van der Waals surface area contributed by atoms with Crippen molar-refractivity contribution in [1.29, 1.82) is 0 Å². The van der Waals surface area contributed by atoms with Crippen molar-refractivity contribution in [3.05, 3.63) is 66.4 Å². The number of piperidine rings is 1. The van der Waals surface area contributed by atoms with E-state index in [0.29, 0.717) is 18.4 Å². The van der Waals surface area contributed by atoms with E-state index in [9.17, 15) is 4.79 Å². The lowest BCUT2D eigenvalue weighted by atomic mass is 9.89. The lowest BCUT2D eigenvalue weighted by Gasteiger charge is -2.34. The zero-order valence-electron chi connectivity index (χ0n) is 23.7. The van der Waals surface area contributed by atoms with E-state index >= 15 is 0 Å². The van der Waals surface area contributed by atoms with E-state index in [1.807, 2.05) is 51.9 Å². The summed E-state index contributed by atoms with van der Waals surface area (Å²) in [5.41, 5.74) is 4.83. The summed E-state index contributed by atoms with van der Waals surface area (Å²) in [4.78, 5) is 21.5. The van der Waals surface area contributed by atoms with E-state index in [-0.39, 0.29) is 5.91 Å². The molecule has 2 aromatic carbocycles. The average molecular weight is 556 g/mol. The molecule has 10 nitrogen and oxygen atoms in total. The largest absolute Gasteiger partial charge is 0.496 e. The summed E-state index contributed by atoms with van der Waals surface area (Å²) in [7, 11) is 3.36. The van der Waals surface area contributed by atoms with Crippen LogP contribution in [0.2, 0.25) is 0 Å². The molecule has 0 atom stereocenters. The standard InChI is InChI=1S/C31H37N7O3/c1-40-28-6-4-3-5-25(28)27-10-8-24-20-33-31(35-38(24)27)34-26-9-7-23(19-29(26)41-2)22-11-15-36(16-12-22)21-30(39)37-17-13-32-14-18-37/h3-10,19-20,22,32H,11-18,21H2,1-2H3,(H,34,35). The van der Waals surface area contributed by atoms with Crippen LogP contribution in [0.3, 0.4) is 0 Å². The molecule has 214 valence electrons. The Labute approximate surface area is 240 Å². The van der Waals surface area contributed by atoms with Crippen molar-refractivity contribution in [3.63, 3.8) is 0 Å². The van der Waals surface area contributed by atoms with Crippen LogP contribution in [0, 0.1) is 0 Å². The molecule has 2 fully saturated rings. The Kier molecular flexibility index (Phi) is 8.02. The number of carbonyl (C=O) groups excluding carboxylic acids is 1. The van der Waals surface area contributed by atoms with Crippen LogP contribution in [0.4, 0.5) is 11.6 Å². The van der Waals surface area contributed by atoms with Gasteiger partial charge in [0.2, 0.25) is 11.9 Å². The van der Waals surface area contributed by atoms with Gasteiger partial charge in [-0.25, -0.2) is 9.50 Å². The first-order valence-electron chi connectivity index (χ1n) is 14.3. The molecule has 6 rings (SSSR count). The molecule has 2 N–H and O–H groups in total. The summed E-state index contributed by atoms with van der Waals surface area (Å²) in [6.45, 7) is 5.75. The van der Waals surface area contributed by atoms with Gasteiger partial charge in [-0.05, 0) is 73.8 Å². The van der Waals surface area contributed by atoms with Crippen LogP contribution >= 0.6 is 0 Å². The zero-order valence-corrected chi connectivity index (χ0v) is 23.7. The van der Waals surface area contributed by atoms with Gasteiger partial charge in [-0.3, -0.25) is 9.69 Å². The first kappa shape index (κ1) is 27.0. The third-order valence-corrected chi connectivity index (χ3v) is 8.14. The SMILES string of the molecule is COc1cc(C2CCN(CC(=O)N3CCNCC3)CC2)ccc1Nc1ncc2ccc(-c3ccccc3OC)n2n1. The Morgan fingerprint density at radius 3 is 2.54 bits per heavy atom. The smallest absolute Gasteiger partial charge is 0.245 e. The normalized spacial score (nSPS) is 16.6. The van der Waals surface area contributed by atoms with Gasteiger partial charge in [0.05, 0.1) is 43.9 Å². The summed E-state index contributed by atoms with van der Waals surface area (Å²) >= 11 is 0. The quantitative estimate of drug-likeness (QED) is 0.339. The Hall–Kier alpha value is -4.15. The number of piperazine rings is 1. The molecular weight excluding hydrogens is 518 g/mol. The third-order valence-electron chi connectivity index (χ3n) is 8.14. The molecule has 2 saturated heterocycles. The number of likely N-dealkylation sites (tertiary alicyclic amines) is 1. The highest BCUT2D eigenvalue weighted by Crippen LogP contribution is 2.35. The van der Waals surface area contributed by atoms with Crippen molar-refractivity contribution in [2.24, 2.45) is 0 Å². The fourth-order valence-corrected chi connectivity index (χ4v) is 5.83. The second-order valence-electron chi connectivity index (χ2n) is 10.6. The van der Waals surface area contributed by atoms with Crippen LogP contribution in [-0.2, 0) is 4.79 Å². The Bertz CT molecular complexity index is 1510. The number of hydrogen-bond donors (Lipinski definition) is 2. The summed E-state index contributed by atoms with van der Waals surface area (Å²) in [6.07, 6.45) is 3.84. The van der Waals surface area contributed by atoms with Crippen molar-refractivity contribution in [2.75, 3.05) is 65.3 Å². The molecule has 0 saturated carbocycles. The molecule has 10 heteroatoms. The van der Waals surface area contributed by atoms with Crippen molar-refractivity contribution in [2.45, 2.75) is 18.8 Å². The first-order chi connectivity index (χ1) is 20.1. The second kappa shape index (κ2) is 12.2. The molecule has 0 unspecified atom stereocenters. The fourth-order valence-electron chi connectivity index (χ4n) is 5.83. The number of ether oxygens (including phenoxy) is 2. The van der Waals surface area contributed by atoms with Crippen LogP contribution in [0.25, 0.3) is 16.8 Å². The Morgan fingerprint density at radius 2 is 1.76 bits per heavy atom. The number of hydrogen-bond acceptors (Lipinski definition) is 8. The van der Waals surface area contributed by atoms with Crippen LogP contribution in [-0.4, -0.2) is 90.3 Å². The van der Waals surface area contributed by atoms with E-state index in [0.717, 1.165) is 86.1 Å². The first-order valence-corrected chi connectivity index (χ1v) is 14.3. The molecular formula is C31H37N7O3. The number of benzene rings is 2. The maximum atomic E-state index is 12.7. The maximum absolute atomic E-state index is 12.7. The third kappa shape index (κ3) is 5.84. The van der Waals surface area contributed by atoms with Gasteiger partial charge >= 0.3 is 0 Å². The minimum Gasteiger partial charge on any atom is -0.496 e. The monoisotopic (exact) mass is 555 g/mol. The molecule has 1 amide bonds. The lowest BCUT2D eigenvalue weighted by molar-refractivity contribution is -0.133. The maximum Gasteiger partial charge on any atom is 0.245 e. The number of carbonyl (C=O) groups is 1. The molecule has 2 aliphatic heterocycles. The van der Waals surface area contributed by atoms with Gasteiger partial charge in [-0.15, -0.1) is 5.10 Å². The van der Waals surface area contributed by atoms with Crippen molar-refractivity contribution in [3.8, 4) is 22.8 Å². The summed E-state index contributed by atoms with van der Waals surface area (Å²) in [6, 6.07) is 18.2. The van der Waals surface area contributed by atoms with Crippen molar-refractivity contribution >= 4 is 23.1 Å². The predicted octanol–water partition coefficient (Wildman–Crippen LogP) is 3.77. The van der Waals surface area contributed by atoms with E-state index in [2.05, 4.69) is 32.7 Å². The van der Waals surface area contributed by atoms with Gasteiger partial charge in [-0.1, -0.05) is 18.2 Å². The van der Waals surface area contributed by atoms with Crippen LogP contribution < -0.4 is 20.1 Å². The molecule has 0 radical (unpaired) electrons. The second-order valence-corrected chi connectivity index (χ2v) is 10.6. The lowest BCUT2D eigenvalue weighted by Crippen LogP contribution is -2.50. The zero-order chi connectivity index (χ0) is 28.2. The minimum absolute atomic E-state index is 0.248. The molecule has 0 aliphatic carbocycles. The predicted molar refractivity (Wildman–Crippen MR) is 159 cm³/mol. The van der Waals surface area contributed by atoms with Gasteiger partial charge in [0, 0.05) is 31.7 Å². The molecule has 4 heterocycles. The van der Waals surface area contributed by atoms with Gasteiger partial charge in [0.15, 0.2) is 0 Å². The van der Waals surface area contributed by atoms with Crippen LogP contribution in [0.1, 0.15) is 24.3 Å². The van der Waals surface area contributed by atoms with E-state index in [1.54, 1.807) is 20.4 Å². The van der Waals surface area contributed by atoms with E-state index < -0.39 is 0 Å². The molecule has 4 aromatic rings. The average Bonchev–Trinajstić information content (AvgIpc) is 3.45. The topological polar surface area (TPSA) is 96.3 Å². The number of nitrogens with one attached hydrogen (secondary N) is 2. The number of rotatable bonds is 8. The molecule has 0 spiro atoms. The van der Waals surface area contributed by atoms with E-state index in [4.69, 9.17) is 14.6 Å². The highest BCUT2D eigenvalue weighted by Gasteiger charge is 2.25. The number of amides is 1. The highest BCUT2D eigenvalue weighted by molar-refractivity contribution is 5.78. The van der Waals surface area contributed by atoms with Gasteiger partial charge in [0.25, 0.3) is 0 Å². The summed E-state index contributed by atoms with van der Waals surface area (Å²) < 4.78 is 13.2. The minimum atomic E-state index is 0.248. The molecule has 41 heavy (non-hydrogen) atoms. The Morgan fingerprint density at radius 1 is 0.976 bits per heavy atom. The number of para-hydroxylation sites is 1. The Balaban J connectivity index is 1.13. The van der Waals surface area contributed by atoms with Gasteiger partial charge < -0.3 is 25.0 Å². The highest BCUT2D eigenvalue weighted by atomic mass is 16.5. The number of anilines is 2. The summed E-state index contributed by atoms with van der Waals surface area (Å²) in [5.74, 6) is 2.69. The molecule has 2 aliphatic rings. The fraction of sp³-hybridized carbons (Fsp3) is 0.387. The number of methoxy groups -OCH3 is 2. The number of nitrogens with zero attached hydrogens (tertiary/aromatic N) is 5. The molecule has 2 aromatic heterocycles. The van der Waals surface area contributed by atoms with Crippen LogP contribution in [0.15, 0.2) is 60.8 Å². The summed E-state index contributed by atoms with van der Waals surface area (Å²) in [5, 5.41) is 11.4. The van der Waals surface area contributed by atoms with Gasteiger partial charge in [-0.2, -0.15) is 0 Å². The molecule has 0 bridgehead atoms. The number of fused-ring (bicyclic) bond motifs is 1. The van der Waals surface area contributed by atoms with Crippen molar-refractivity contribution in [1.82, 2.24) is 29.7 Å². The van der Waals surface area contributed by atoms with E-state index in [1.165, 1.54) is 5.56 Å². The van der Waals surface area contributed by atoms with Crippen LogP contribution in [0.5, 0.6) is 11.5 Å².